The summed E-state index contributed by atoms with van der Waals surface area (Å²) in [5.74, 6) is 3.06. The predicted molar refractivity (Wildman–Crippen MR) is 104 cm³/mol. The highest BCUT2D eigenvalue weighted by Gasteiger charge is 2.33. The Morgan fingerprint density at radius 3 is 2.69 bits per heavy atom. The highest BCUT2D eigenvalue weighted by molar-refractivity contribution is 5.86. The summed E-state index contributed by atoms with van der Waals surface area (Å²) >= 11 is 0. The molecule has 26 heavy (non-hydrogen) atoms. The SMILES string of the molecule is C=CC(=C)N(C)C(=N)C1CN(c2cc(-n3cc(CC)cn3)nc(C)n2)C1. The van der Waals surface area contributed by atoms with Crippen molar-refractivity contribution < 1.29 is 0 Å². The molecule has 0 saturated carbocycles. The van der Waals surface area contributed by atoms with Gasteiger partial charge in [-0.15, -0.1) is 0 Å². The first-order valence-corrected chi connectivity index (χ1v) is 8.71. The van der Waals surface area contributed by atoms with E-state index in [1.807, 2.05) is 32.4 Å². The maximum atomic E-state index is 8.32. The molecule has 1 N–H and O–H groups in total. The van der Waals surface area contributed by atoms with E-state index in [0.29, 0.717) is 11.7 Å². The Labute approximate surface area is 154 Å². The molecule has 0 atom stereocenters. The Hall–Kier alpha value is -2.96. The van der Waals surface area contributed by atoms with Crippen LogP contribution in [0.2, 0.25) is 0 Å². The van der Waals surface area contributed by atoms with Crippen molar-refractivity contribution in [2.24, 2.45) is 5.92 Å². The Kier molecular flexibility index (Phi) is 4.88. The number of nitrogens with zero attached hydrogens (tertiary/aromatic N) is 6. The first kappa shape index (κ1) is 17.8. The van der Waals surface area contributed by atoms with E-state index in [0.717, 1.165) is 36.8 Å². The van der Waals surface area contributed by atoms with Crippen LogP contribution >= 0.6 is 0 Å². The van der Waals surface area contributed by atoms with Gasteiger partial charge < -0.3 is 9.80 Å². The lowest BCUT2D eigenvalue weighted by Crippen LogP contribution is -2.53. The standard InChI is InChI=1S/C19H25N7/c1-6-13(3)24(5)19(20)16-11-25(12-16)17-8-18(23-14(4)22-17)26-10-15(7-2)9-21-26/h6,8-10,16,20H,1,3,7,11-12H2,2,4-5H3. The zero-order valence-electron chi connectivity index (χ0n) is 15.6. The van der Waals surface area contributed by atoms with Gasteiger partial charge >= 0.3 is 0 Å². The fourth-order valence-electron chi connectivity index (χ4n) is 2.89. The van der Waals surface area contributed by atoms with Crippen molar-refractivity contribution in [1.29, 1.82) is 5.41 Å². The Morgan fingerprint density at radius 1 is 1.38 bits per heavy atom. The number of allylic oxidation sites excluding steroid dienone is 1. The van der Waals surface area contributed by atoms with Crippen LogP contribution in [0, 0.1) is 18.3 Å². The van der Waals surface area contributed by atoms with Crippen LogP contribution in [0.1, 0.15) is 18.3 Å². The quantitative estimate of drug-likeness (QED) is 0.492. The van der Waals surface area contributed by atoms with Crippen LogP contribution in [0.3, 0.4) is 0 Å². The number of rotatable bonds is 6. The summed E-state index contributed by atoms with van der Waals surface area (Å²) in [6.07, 6.45) is 6.46. The van der Waals surface area contributed by atoms with Gasteiger partial charge in [0.25, 0.3) is 0 Å². The van der Waals surface area contributed by atoms with Gasteiger partial charge in [0.05, 0.1) is 12.1 Å². The molecule has 7 heteroatoms. The molecule has 1 fully saturated rings. The molecule has 1 aliphatic rings. The summed E-state index contributed by atoms with van der Waals surface area (Å²) in [5, 5.41) is 12.7. The lowest BCUT2D eigenvalue weighted by atomic mass is 9.97. The summed E-state index contributed by atoms with van der Waals surface area (Å²) in [7, 11) is 1.85. The summed E-state index contributed by atoms with van der Waals surface area (Å²) in [4.78, 5) is 13.0. The summed E-state index contributed by atoms with van der Waals surface area (Å²) in [5.41, 5.74) is 1.91. The van der Waals surface area contributed by atoms with Crippen LogP contribution in [0.5, 0.6) is 0 Å². The zero-order chi connectivity index (χ0) is 18.8. The van der Waals surface area contributed by atoms with E-state index in [1.54, 1.807) is 15.7 Å². The van der Waals surface area contributed by atoms with Crippen molar-refractivity contribution in [2.75, 3.05) is 25.0 Å². The van der Waals surface area contributed by atoms with Gasteiger partial charge in [-0.3, -0.25) is 5.41 Å². The van der Waals surface area contributed by atoms with Gasteiger partial charge in [0.2, 0.25) is 0 Å². The van der Waals surface area contributed by atoms with Crippen LogP contribution in [-0.2, 0) is 6.42 Å². The van der Waals surface area contributed by atoms with Crippen LogP contribution < -0.4 is 4.90 Å². The third-order valence-electron chi connectivity index (χ3n) is 4.71. The average molecular weight is 351 g/mol. The first-order chi connectivity index (χ1) is 12.4. The van der Waals surface area contributed by atoms with E-state index in [-0.39, 0.29) is 5.92 Å². The molecule has 1 aliphatic heterocycles. The van der Waals surface area contributed by atoms with Crippen molar-refractivity contribution >= 4 is 11.7 Å². The van der Waals surface area contributed by atoms with Crippen molar-refractivity contribution in [1.82, 2.24) is 24.6 Å². The van der Waals surface area contributed by atoms with Crippen LogP contribution in [0.15, 0.2) is 43.4 Å². The molecule has 2 aromatic heterocycles. The molecule has 0 unspecified atom stereocenters. The molecule has 7 nitrogen and oxygen atoms in total. The van der Waals surface area contributed by atoms with E-state index in [2.05, 4.69) is 40.0 Å². The minimum Gasteiger partial charge on any atom is -0.355 e. The monoisotopic (exact) mass is 351 g/mol. The summed E-state index contributed by atoms with van der Waals surface area (Å²) in [6.45, 7) is 13.1. The molecule has 0 amide bonds. The second-order valence-electron chi connectivity index (χ2n) is 6.52. The van der Waals surface area contributed by atoms with Crippen molar-refractivity contribution in [3.05, 3.63) is 54.8 Å². The maximum absolute atomic E-state index is 8.32. The molecule has 136 valence electrons. The Morgan fingerprint density at radius 2 is 2.08 bits per heavy atom. The van der Waals surface area contributed by atoms with E-state index in [1.165, 1.54) is 5.56 Å². The van der Waals surface area contributed by atoms with Gasteiger partial charge in [0.15, 0.2) is 5.82 Å². The number of aromatic nitrogens is 4. The van der Waals surface area contributed by atoms with E-state index in [9.17, 15) is 0 Å². The van der Waals surface area contributed by atoms with Crippen LogP contribution in [0.4, 0.5) is 5.82 Å². The minimum atomic E-state index is 0.159. The number of amidine groups is 1. The largest absolute Gasteiger partial charge is 0.355 e. The number of aryl methyl sites for hydroxylation is 2. The van der Waals surface area contributed by atoms with E-state index in [4.69, 9.17) is 5.41 Å². The molecule has 0 aromatic carbocycles. The Bertz CT molecular complexity index is 845. The van der Waals surface area contributed by atoms with Crippen molar-refractivity contribution in [3.8, 4) is 5.82 Å². The highest BCUT2D eigenvalue weighted by atomic mass is 15.3. The second kappa shape index (κ2) is 7.11. The molecular weight excluding hydrogens is 326 g/mol. The number of nitrogens with one attached hydrogen (secondary N) is 1. The van der Waals surface area contributed by atoms with Crippen molar-refractivity contribution in [2.45, 2.75) is 20.3 Å². The number of hydrogen-bond donors (Lipinski definition) is 1. The van der Waals surface area contributed by atoms with Gasteiger partial charge in [0.1, 0.15) is 17.5 Å². The average Bonchev–Trinajstić information content (AvgIpc) is 3.07. The van der Waals surface area contributed by atoms with Gasteiger partial charge in [0, 0.05) is 38.1 Å². The molecular formula is C19H25N7. The molecule has 0 aliphatic carbocycles. The van der Waals surface area contributed by atoms with Gasteiger partial charge in [-0.1, -0.05) is 20.1 Å². The lowest BCUT2D eigenvalue weighted by molar-refractivity contribution is 0.462. The van der Waals surface area contributed by atoms with Gasteiger partial charge in [-0.05, 0) is 25.0 Å². The minimum absolute atomic E-state index is 0.159. The molecule has 3 rings (SSSR count). The first-order valence-electron chi connectivity index (χ1n) is 8.71. The molecule has 3 heterocycles. The zero-order valence-corrected chi connectivity index (χ0v) is 15.6. The summed E-state index contributed by atoms with van der Waals surface area (Å²) < 4.78 is 1.79. The highest BCUT2D eigenvalue weighted by Crippen LogP contribution is 2.26. The lowest BCUT2D eigenvalue weighted by Gasteiger charge is -2.42. The third kappa shape index (κ3) is 3.37. The van der Waals surface area contributed by atoms with Gasteiger partial charge in [-0.25, -0.2) is 14.6 Å². The summed E-state index contributed by atoms with van der Waals surface area (Å²) in [6, 6.07) is 1.95. The fourth-order valence-corrected chi connectivity index (χ4v) is 2.89. The van der Waals surface area contributed by atoms with Crippen molar-refractivity contribution in [3.63, 3.8) is 0 Å². The molecule has 0 radical (unpaired) electrons. The maximum Gasteiger partial charge on any atom is 0.159 e. The van der Waals surface area contributed by atoms with E-state index < -0.39 is 0 Å². The molecule has 0 bridgehead atoms. The topological polar surface area (TPSA) is 73.9 Å². The number of hydrogen-bond acceptors (Lipinski definition) is 5. The molecule has 1 saturated heterocycles. The second-order valence-corrected chi connectivity index (χ2v) is 6.52. The number of anilines is 1. The normalized spacial score (nSPS) is 14.0. The Balaban J connectivity index is 1.73. The van der Waals surface area contributed by atoms with E-state index >= 15 is 0 Å². The third-order valence-corrected chi connectivity index (χ3v) is 4.71. The number of likely N-dealkylation sites (N-methyl/N-ethyl adjacent to an activating group) is 1. The molecule has 2 aromatic rings. The smallest absolute Gasteiger partial charge is 0.159 e. The fraction of sp³-hybridized carbons (Fsp3) is 0.368. The van der Waals surface area contributed by atoms with Gasteiger partial charge in [-0.2, -0.15) is 5.10 Å². The molecule has 0 spiro atoms. The predicted octanol–water partition coefficient (Wildman–Crippen LogP) is 2.58. The van der Waals surface area contributed by atoms with Crippen LogP contribution in [0.25, 0.3) is 5.82 Å². The van der Waals surface area contributed by atoms with Crippen LogP contribution in [-0.4, -0.2) is 50.6 Å².